The zero-order valence-electron chi connectivity index (χ0n) is 23.4. The van der Waals surface area contributed by atoms with Crippen LogP contribution in [0, 0.1) is 21.1 Å². The van der Waals surface area contributed by atoms with E-state index >= 15 is 0 Å². The largest absolute Gasteiger partial charge is 0.401 e. The van der Waals surface area contributed by atoms with E-state index in [1.54, 1.807) is 0 Å². The van der Waals surface area contributed by atoms with E-state index in [2.05, 4.69) is 141 Å². The molecule has 5 heterocycles. The smallest absolute Gasteiger partial charge is 0.168 e. The zero-order chi connectivity index (χ0) is 28.6. The fourth-order valence-corrected chi connectivity index (χ4v) is 8.11. The van der Waals surface area contributed by atoms with Crippen molar-refractivity contribution in [1.29, 1.82) is 0 Å². The molecule has 6 aromatic rings. The van der Waals surface area contributed by atoms with Crippen LogP contribution in [-0.4, -0.2) is 0 Å². The van der Waals surface area contributed by atoms with Crippen LogP contribution in [0.3, 0.4) is 0 Å². The third-order valence-electron chi connectivity index (χ3n) is 8.29. The summed E-state index contributed by atoms with van der Waals surface area (Å²) in [5.41, 5.74) is 13.3. The van der Waals surface area contributed by atoms with E-state index < -0.39 is 0 Å². The third-order valence-corrected chi connectivity index (χ3v) is 10.3. The number of aryl methyl sites for hydroxylation is 2. The maximum Gasteiger partial charge on any atom is 0.168 e. The molecule has 5 heteroatoms. The number of rotatable bonds is 0. The van der Waals surface area contributed by atoms with Crippen LogP contribution in [0.15, 0.2) is 120 Å². The molecule has 0 bridgehead atoms. The quantitative estimate of drug-likeness (QED) is 0.157. The molecule has 3 aliphatic heterocycles. The summed E-state index contributed by atoms with van der Waals surface area (Å²) in [6.07, 6.45) is 2.34. The van der Waals surface area contributed by atoms with Gasteiger partial charge in [-0.3, -0.25) is 0 Å². The third kappa shape index (κ3) is 4.74. The van der Waals surface area contributed by atoms with Gasteiger partial charge >= 0.3 is 0 Å². The number of thiophene rings is 2. The van der Waals surface area contributed by atoms with E-state index in [1.165, 1.54) is 83.9 Å². The van der Waals surface area contributed by atoms with Gasteiger partial charge in [-0.25, -0.2) is 0 Å². The van der Waals surface area contributed by atoms with Crippen LogP contribution < -0.4 is 14.7 Å². The Balaban J connectivity index is 0.000000103. The molecule has 9 rings (SSSR count). The molecule has 2 aromatic heterocycles. The highest BCUT2D eigenvalue weighted by Crippen LogP contribution is 2.37. The molecular weight excluding hydrogens is 551 g/mol. The first-order chi connectivity index (χ1) is 20.6. The molecule has 3 N–H and O–H groups in total. The summed E-state index contributed by atoms with van der Waals surface area (Å²) < 4.78 is 0. The molecule has 3 aliphatic rings. The van der Waals surface area contributed by atoms with Gasteiger partial charge in [0.2, 0.25) is 0 Å². The molecule has 0 spiro atoms. The topological polar surface area (TPSA) is 13.3 Å². The molecule has 0 radical (unpaired) electrons. The predicted octanol–water partition coefficient (Wildman–Crippen LogP) is 7.16. The van der Waals surface area contributed by atoms with Crippen molar-refractivity contribution >= 4 is 55.4 Å². The van der Waals surface area contributed by atoms with Gasteiger partial charge in [-0.1, -0.05) is 71.2 Å². The average molecular weight is 584 g/mol. The molecule has 208 valence electrons. The van der Waals surface area contributed by atoms with Gasteiger partial charge in [0.25, 0.3) is 0 Å². The minimum absolute atomic E-state index is 1.15. The summed E-state index contributed by atoms with van der Waals surface area (Å²) >= 11 is 3.64. The summed E-state index contributed by atoms with van der Waals surface area (Å²) in [6.45, 7) is 0. The van der Waals surface area contributed by atoms with Crippen molar-refractivity contribution in [2.45, 2.75) is 12.8 Å². The summed E-state index contributed by atoms with van der Waals surface area (Å²) in [5, 5.41) is 7.14. The lowest BCUT2D eigenvalue weighted by Crippen LogP contribution is -2.95. The monoisotopic (exact) mass is 583 g/mol. The number of hydrogen-bond acceptors (Lipinski definition) is 2. The van der Waals surface area contributed by atoms with E-state index in [4.69, 9.17) is 0 Å². The summed E-state index contributed by atoms with van der Waals surface area (Å²) in [4.78, 5) is 3.53. The van der Waals surface area contributed by atoms with Crippen molar-refractivity contribution in [3.63, 3.8) is 0 Å². The van der Waals surface area contributed by atoms with Gasteiger partial charge in [-0.15, -0.1) is 21.1 Å². The molecule has 0 amide bonds. The van der Waals surface area contributed by atoms with Crippen LogP contribution in [0.4, 0.5) is 32.8 Å². The highest BCUT2D eigenvalue weighted by Gasteiger charge is 2.25. The summed E-state index contributed by atoms with van der Waals surface area (Å²) in [5.74, 6) is 0. The molecule has 4 aromatic carbocycles. The number of para-hydroxylation sites is 4. The van der Waals surface area contributed by atoms with Crippen LogP contribution in [0.2, 0.25) is 0 Å². The number of quaternary nitrogens is 3. The number of hydrogen-bond donors (Lipinski definition) is 3. The van der Waals surface area contributed by atoms with Gasteiger partial charge in [0, 0.05) is 33.4 Å². The van der Waals surface area contributed by atoms with Crippen molar-refractivity contribution in [2.24, 2.45) is 0 Å². The van der Waals surface area contributed by atoms with Crippen molar-refractivity contribution in [1.82, 2.24) is 0 Å². The van der Waals surface area contributed by atoms with Crippen LogP contribution in [-0.2, 0) is 12.8 Å². The average Bonchev–Trinajstić information content (AvgIpc) is 3.82. The Hall–Kier alpha value is -3.84. The second-order valence-electron chi connectivity index (χ2n) is 10.7. The second-order valence-corrected chi connectivity index (χ2v) is 12.5. The molecule has 0 saturated heterocycles. The van der Waals surface area contributed by atoms with Gasteiger partial charge in [-0.05, 0) is 84.3 Å². The fraction of sp³-hybridized carbons (Fsp3) is 0.0541. The summed E-state index contributed by atoms with van der Waals surface area (Å²) in [7, 11) is 12.5. The molecule has 0 aliphatic carbocycles. The Morgan fingerprint density at radius 2 is 0.714 bits per heavy atom. The number of fused-ring (bicyclic) bond motifs is 8. The highest BCUT2D eigenvalue weighted by atomic mass is 32.1. The molecule has 0 unspecified atom stereocenters. The lowest BCUT2D eigenvalue weighted by atomic mass is 10.1. The lowest BCUT2D eigenvalue weighted by molar-refractivity contribution is -0.700. The molecule has 0 fully saturated rings. The van der Waals surface area contributed by atoms with E-state index in [0.29, 0.717) is 0 Å². The van der Waals surface area contributed by atoms with Crippen LogP contribution in [0.5, 0.6) is 0 Å². The first-order valence-corrected chi connectivity index (χ1v) is 16.0. The van der Waals surface area contributed by atoms with Crippen LogP contribution in [0.1, 0.15) is 11.1 Å². The fourth-order valence-electron chi connectivity index (χ4n) is 6.18. The Morgan fingerprint density at radius 3 is 1.05 bits per heavy atom. The van der Waals surface area contributed by atoms with Gasteiger partial charge < -0.3 is 14.7 Å². The van der Waals surface area contributed by atoms with E-state index in [0.717, 1.165) is 9.80 Å². The molecule has 0 atom stereocenters. The number of benzene rings is 4. The Bertz CT molecular complexity index is 1640. The van der Waals surface area contributed by atoms with Crippen molar-refractivity contribution < 1.29 is 14.7 Å². The first kappa shape index (κ1) is 27.0. The Labute approximate surface area is 256 Å². The second kappa shape index (κ2) is 11.4. The van der Waals surface area contributed by atoms with Gasteiger partial charge in [-0.2, -0.15) is 0 Å². The predicted molar refractivity (Wildman–Crippen MR) is 177 cm³/mol. The van der Waals surface area contributed by atoms with Gasteiger partial charge in [0.1, 0.15) is 22.7 Å². The minimum Gasteiger partial charge on any atom is -0.401 e. The Morgan fingerprint density at radius 1 is 0.405 bits per heavy atom. The molecular formula is C37H33N3S2. The van der Waals surface area contributed by atoms with Crippen molar-refractivity contribution in [3.8, 4) is 22.3 Å². The SMILES string of the molecule is [CH2-][NH+]1c2ccccc2-c2ccccc21.[CH2-][NH+]1c2ccccc2-c2ccccc21.[CH2-][NH+]1c2sccc2CCc2ccsc21. The van der Waals surface area contributed by atoms with E-state index in [-0.39, 0.29) is 0 Å². The maximum absolute atomic E-state index is 4.22. The standard InChI is InChI=1S/2C13H11N.C11H11NS2/c2*1-14-12-8-4-2-6-10(12)11-7-3-5-9-13(11)14;1-12-10-8(4-6-13-10)2-3-9-5-7-14-11(9)12/h2*2-9,14H,1H2;4-7,12H,1-3H2. The van der Waals surface area contributed by atoms with Crippen LogP contribution >= 0.6 is 22.7 Å². The van der Waals surface area contributed by atoms with Gasteiger partial charge in [0.15, 0.2) is 10.0 Å². The maximum atomic E-state index is 4.22. The number of nitrogens with one attached hydrogen (secondary N) is 3. The highest BCUT2D eigenvalue weighted by molar-refractivity contribution is 7.14. The summed E-state index contributed by atoms with van der Waals surface area (Å²) in [6, 6.07) is 38.2. The molecule has 42 heavy (non-hydrogen) atoms. The molecule has 3 nitrogen and oxygen atoms in total. The minimum atomic E-state index is 1.15. The zero-order valence-corrected chi connectivity index (χ0v) is 25.0. The van der Waals surface area contributed by atoms with E-state index in [9.17, 15) is 0 Å². The van der Waals surface area contributed by atoms with E-state index in [1.807, 2.05) is 22.7 Å². The molecule has 0 saturated carbocycles. The van der Waals surface area contributed by atoms with Crippen molar-refractivity contribution in [2.75, 3.05) is 0 Å². The Kier molecular flexibility index (Phi) is 7.36. The van der Waals surface area contributed by atoms with Crippen molar-refractivity contribution in [3.05, 3.63) is 152 Å². The lowest BCUT2D eigenvalue weighted by Gasteiger charge is -2.16. The van der Waals surface area contributed by atoms with Gasteiger partial charge in [0.05, 0.1) is 0 Å². The normalized spacial score (nSPS) is 14.5. The van der Waals surface area contributed by atoms with Crippen LogP contribution in [0.25, 0.3) is 22.3 Å². The first-order valence-electron chi connectivity index (χ1n) is 14.2.